The summed E-state index contributed by atoms with van der Waals surface area (Å²) >= 11 is 0. The predicted octanol–water partition coefficient (Wildman–Crippen LogP) is 4.22. The minimum atomic E-state index is -0.931. The summed E-state index contributed by atoms with van der Waals surface area (Å²) in [7, 11) is 1.86. The summed E-state index contributed by atoms with van der Waals surface area (Å²) in [5.74, 6) is 1.48. The number of nitrogens with zero attached hydrogens (tertiary/aromatic N) is 6. The maximum atomic E-state index is 15.5. The van der Waals surface area contributed by atoms with Crippen LogP contribution in [0.4, 0.5) is 10.2 Å². The summed E-state index contributed by atoms with van der Waals surface area (Å²) in [6.45, 7) is 5.18. The van der Waals surface area contributed by atoms with Gasteiger partial charge in [0, 0.05) is 18.0 Å². The Balaban J connectivity index is 1.22. The number of rotatable bonds is 4. The van der Waals surface area contributed by atoms with Crippen LogP contribution in [0.15, 0.2) is 30.6 Å². The molecule has 3 heterocycles. The van der Waals surface area contributed by atoms with E-state index in [2.05, 4.69) is 39.0 Å². The number of ether oxygens (including phenoxy) is 2. The van der Waals surface area contributed by atoms with Gasteiger partial charge in [-0.3, -0.25) is 0 Å². The Morgan fingerprint density at radius 2 is 1.86 bits per heavy atom. The highest BCUT2D eigenvalue weighted by atomic mass is 19.1. The zero-order chi connectivity index (χ0) is 25.1. The van der Waals surface area contributed by atoms with E-state index in [4.69, 9.17) is 9.47 Å². The third-order valence-corrected chi connectivity index (χ3v) is 8.05. The van der Waals surface area contributed by atoms with Crippen molar-refractivity contribution in [1.82, 2.24) is 25.1 Å². The first-order valence-electron chi connectivity index (χ1n) is 12.3. The van der Waals surface area contributed by atoms with Crippen LogP contribution >= 0.6 is 0 Å². The first-order valence-corrected chi connectivity index (χ1v) is 12.3. The van der Waals surface area contributed by atoms with Gasteiger partial charge in [0.05, 0.1) is 29.7 Å². The Morgan fingerprint density at radius 3 is 2.61 bits per heavy atom. The largest absolute Gasteiger partial charge is 0.507 e. The Kier molecular flexibility index (Phi) is 5.24. The van der Waals surface area contributed by atoms with Gasteiger partial charge in [0.15, 0.2) is 11.6 Å². The highest BCUT2D eigenvalue weighted by molar-refractivity contribution is 5.71. The lowest BCUT2D eigenvalue weighted by molar-refractivity contribution is 0.0380. The summed E-state index contributed by atoms with van der Waals surface area (Å²) in [4.78, 5) is 15.0. The number of hydrogen-bond acceptors (Lipinski definition) is 9. The summed E-state index contributed by atoms with van der Waals surface area (Å²) in [5, 5.41) is 19.3. The summed E-state index contributed by atoms with van der Waals surface area (Å²) < 4.78 is 26.4. The molecule has 6 rings (SSSR count). The van der Waals surface area contributed by atoms with Crippen LogP contribution in [0.3, 0.4) is 0 Å². The van der Waals surface area contributed by atoms with Crippen molar-refractivity contribution >= 4 is 5.82 Å². The van der Waals surface area contributed by atoms with Crippen LogP contribution in [0, 0.1) is 10.8 Å². The molecule has 1 N–H and O–H groups in total. The number of halogens is 1. The average molecular weight is 493 g/mol. The SMILES string of the molecule is CN(c1cnc(-c2ccc(-c3cnc4c(n3)OCCO4)cc2O)nn1)[C@H]1C[C@]2(C)CC[C@@](C)(C2)[C@H]1F. The van der Waals surface area contributed by atoms with E-state index in [1.165, 1.54) is 0 Å². The van der Waals surface area contributed by atoms with Crippen molar-refractivity contribution in [1.29, 1.82) is 0 Å². The fourth-order valence-electron chi connectivity index (χ4n) is 6.13. The van der Waals surface area contributed by atoms with Crippen LogP contribution in [0.25, 0.3) is 22.6 Å². The minimum Gasteiger partial charge on any atom is -0.507 e. The van der Waals surface area contributed by atoms with Crippen molar-refractivity contribution < 1.29 is 19.0 Å². The fourth-order valence-corrected chi connectivity index (χ4v) is 6.13. The molecule has 4 atom stereocenters. The zero-order valence-corrected chi connectivity index (χ0v) is 20.6. The molecule has 3 aliphatic rings. The third kappa shape index (κ3) is 3.79. The van der Waals surface area contributed by atoms with Crippen LogP contribution in [-0.4, -0.2) is 62.7 Å². The summed E-state index contributed by atoms with van der Waals surface area (Å²) in [6.07, 6.45) is 5.93. The smallest absolute Gasteiger partial charge is 0.278 e. The molecule has 188 valence electrons. The normalized spacial score (nSPS) is 28.7. The zero-order valence-electron chi connectivity index (χ0n) is 20.6. The Hall–Kier alpha value is -3.56. The van der Waals surface area contributed by atoms with Crippen LogP contribution in [0.1, 0.15) is 39.5 Å². The molecule has 9 nitrogen and oxygen atoms in total. The molecule has 0 unspecified atom stereocenters. The molecule has 1 aliphatic heterocycles. The van der Waals surface area contributed by atoms with Crippen molar-refractivity contribution in [3.05, 3.63) is 30.6 Å². The van der Waals surface area contributed by atoms with Crippen LogP contribution in [0.5, 0.6) is 17.5 Å². The molecule has 0 spiro atoms. The van der Waals surface area contributed by atoms with Crippen molar-refractivity contribution in [3.8, 4) is 40.2 Å². The minimum absolute atomic E-state index is 0.0133. The highest BCUT2D eigenvalue weighted by Gasteiger charge is 2.56. The molecule has 36 heavy (non-hydrogen) atoms. The molecule has 3 aromatic rings. The lowest BCUT2D eigenvalue weighted by atomic mass is 9.67. The van der Waals surface area contributed by atoms with Gasteiger partial charge in [0.25, 0.3) is 11.8 Å². The van der Waals surface area contributed by atoms with E-state index >= 15 is 4.39 Å². The van der Waals surface area contributed by atoms with Crippen molar-refractivity contribution in [2.75, 3.05) is 25.2 Å². The Labute approximate surface area is 208 Å². The van der Waals surface area contributed by atoms with Gasteiger partial charge in [-0.1, -0.05) is 19.9 Å². The van der Waals surface area contributed by atoms with Crippen LogP contribution in [-0.2, 0) is 0 Å². The fraction of sp³-hybridized carbons (Fsp3) is 0.500. The molecule has 2 fully saturated rings. The maximum Gasteiger partial charge on any atom is 0.278 e. The van der Waals surface area contributed by atoms with Crippen molar-refractivity contribution in [2.45, 2.75) is 51.7 Å². The molecule has 2 aliphatic carbocycles. The number of aromatic hydroxyl groups is 1. The van der Waals surface area contributed by atoms with Gasteiger partial charge in [0.2, 0.25) is 0 Å². The molecule has 10 heteroatoms. The molecule has 1 aromatic carbocycles. The topological polar surface area (TPSA) is 106 Å². The predicted molar refractivity (Wildman–Crippen MR) is 131 cm³/mol. The van der Waals surface area contributed by atoms with E-state index in [9.17, 15) is 5.11 Å². The van der Waals surface area contributed by atoms with E-state index in [0.29, 0.717) is 47.6 Å². The van der Waals surface area contributed by atoms with Crippen molar-refractivity contribution in [3.63, 3.8) is 0 Å². The maximum absolute atomic E-state index is 15.5. The Morgan fingerprint density at radius 1 is 1.06 bits per heavy atom. The van der Waals surface area contributed by atoms with Crippen LogP contribution < -0.4 is 14.4 Å². The van der Waals surface area contributed by atoms with E-state index in [0.717, 1.165) is 25.7 Å². The number of hydrogen-bond donors (Lipinski definition) is 1. The highest BCUT2D eigenvalue weighted by Crippen LogP contribution is 2.59. The number of phenols is 1. The number of phenolic OH excluding ortho intramolecular Hbond substituents is 1. The second-order valence-electron chi connectivity index (χ2n) is 10.9. The molecule has 2 bridgehead atoms. The number of alkyl halides is 1. The number of fused-ring (bicyclic) bond motifs is 3. The standard InChI is InChI=1S/C26H29FN6O3/c1-25-6-7-26(2,14-25)21(27)18(11-25)33(3)20-13-28-22(32-31-20)16-5-4-15(10-19(16)34)17-12-29-23-24(30-17)36-9-8-35-23/h4-5,10,12-13,18,21,34H,6-9,11,14H2,1-3H3/t18-,21-,25-,26-/m0/s1. The van der Waals surface area contributed by atoms with Gasteiger partial charge in [-0.2, -0.15) is 0 Å². The van der Waals surface area contributed by atoms with E-state index in [1.807, 2.05) is 11.9 Å². The lowest BCUT2D eigenvalue weighted by Gasteiger charge is -2.46. The van der Waals surface area contributed by atoms with E-state index in [-0.39, 0.29) is 28.4 Å². The first kappa shape index (κ1) is 22.9. The molecular weight excluding hydrogens is 463 g/mol. The number of anilines is 1. The van der Waals surface area contributed by atoms with Gasteiger partial charge in [-0.15, -0.1) is 10.2 Å². The monoisotopic (exact) mass is 492 g/mol. The van der Waals surface area contributed by atoms with Gasteiger partial charge in [-0.25, -0.2) is 19.3 Å². The van der Waals surface area contributed by atoms with Gasteiger partial charge >= 0.3 is 0 Å². The third-order valence-electron chi connectivity index (χ3n) is 8.05. The molecule has 0 radical (unpaired) electrons. The molecule has 0 amide bonds. The van der Waals surface area contributed by atoms with E-state index < -0.39 is 6.17 Å². The van der Waals surface area contributed by atoms with Crippen molar-refractivity contribution in [2.24, 2.45) is 10.8 Å². The second kappa shape index (κ2) is 8.25. The molecule has 2 saturated carbocycles. The Bertz CT molecular complexity index is 1310. The first-order chi connectivity index (χ1) is 17.2. The quantitative estimate of drug-likeness (QED) is 0.573. The van der Waals surface area contributed by atoms with E-state index in [1.54, 1.807) is 30.6 Å². The summed E-state index contributed by atoms with van der Waals surface area (Å²) in [6, 6.07) is 4.82. The lowest BCUT2D eigenvalue weighted by Crippen LogP contribution is -2.52. The molecule has 2 aromatic heterocycles. The van der Waals surface area contributed by atoms with Gasteiger partial charge in [-0.05, 0) is 43.2 Å². The second-order valence-corrected chi connectivity index (χ2v) is 10.9. The van der Waals surface area contributed by atoms with Gasteiger partial charge < -0.3 is 19.5 Å². The van der Waals surface area contributed by atoms with Gasteiger partial charge in [0.1, 0.15) is 25.1 Å². The molecular formula is C26H29FN6O3. The molecule has 0 saturated heterocycles. The summed E-state index contributed by atoms with van der Waals surface area (Å²) in [5.41, 5.74) is 1.51. The number of benzene rings is 1. The van der Waals surface area contributed by atoms with Crippen LogP contribution in [0.2, 0.25) is 0 Å². The average Bonchev–Trinajstić information content (AvgIpc) is 3.17. The number of aromatic nitrogens is 5.